The lowest BCUT2D eigenvalue weighted by Gasteiger charge is -2.36. The number of aromatic nitrogens is 3. The number of anilines is 1. The highest BCUT2D eigenvalue weighted by molar-refractivity contribution is 5.92. The first-order valence-electron chi connectivity index (χ1n) is 10.3. The van der Waals surface area contributed by atoms with Crippen LogP contribution in [0.5, 0.6) is 5.88 Å². The molecule has 9 nitrogen and oxygen atoms in total. The maximum atomic E-state index is 14.5. The first-order chi connectivity index (χ1) is 15.4. The molecule has 32 heavy (non-hydrogen) atoms. The number of pyridine rings is 1. The van der Waals surface area contributed by atoms with Crippen LogP contribution in [-0.2, 0) is 6.54 Å². The molecule has 1 aliphatic heterocycles. The Hall–Kier alpha value is -3.53. The summed E-state index contributed by atoms with van der Waals surface area (Å²) in [5.41, 5.74) is 3.55. The van der Waals surface area contributed by atoms with Crippen LogP contribution in [0.15, 0.2) is 29.1 Å². The van der Waals surface area contributed by atoms with Crippen molar-refractivity contribution in [1.82, 2.24) is 25.2 Å². The zero-order valence-electron chi connectivity index (χ0n) is 18.2. The fraction of sp³-hybridized carbons (Fsp3) is 0.364. The second-order valence-corrected chi connectivity index (χ2v) is 7.67. The zero-order valence-corrected chi connectivity index (χ0v) is 18.2. The molecule has 168 valence electrons. The number of hydrogen-bond donors (Lipinski definition) is 2. The Balaban J connectivity index is 1.45. The molecule has 2 aromatic heterocycles. The van der Waals surface area contributed by atoms with Crippen LogP contribution in [0.4, 0.5) is 10.1 Å². The van der Waals surface area contributed by atoms with Crippen molar-refractivity contribution in [2.45, 2.75) is 13.5 Å². The van der Waals surface area contributed by atoms with Crippen LogP contribution in [-0.4, -0.2) is 66.1 Å². The van der Waals surface area contributed by atoms with E-state index >= 15 is 0 Å². The van der Waals surface area contributed by atoms with Crippen molar-refractivity contribution in [3.8, 4) is 5.88 Å². The summed E-state index contributed by atoms with van der Waals surface area (Å²) in [6, 6.07) is 7.02. The summed E-state index contributed by atoms with van der Waals surface area (Å²) in [6.07, 6.45) is 0. The highest BCUT2D eigenvalue weighted by Gasteiger charge is 2.22. The van der Waals surface area contributed by atoms with Gasteiger partial charge in [0.05, 0.1) is 23.8 Å². The lowest BCUT2D eigenvalue weighted by Crippen LogP contribution is -2.46. The van der Waals surface area contributed by atoms with Crippen molar-refractivity contribution in [1.29, 1.82) is 0 Å². The molecule has 1 saturated heterocycles. The van der Waals surface area contributed by atoms with Gasteiger partial charge in [-0.2, -0.15) is 4.39 Å². The average Bonchev–Trinajstić information content (AvgIpc) is 2.81. The van der Waals surface area contributed by atoms with Crippen LogP contribution < -0.4 is 20.5 Å². The standard InChI is InChI=1S/C22H25FN6O3/c1-13-14(4-5-15-18(13)27-21(31)22(26-15)32-3)12-28-8-10-29(11-9-28)17-7-6-16(20(30)24-2)25-19(17)23/h4-7H,8-12H2,1-3H3,(H,24,30)(H,27,31). The number of fused-ring (bicyclic) bond motifs is 1. The maximum Gasteiger partial charge on any atom is 0.311 e. The number of aromatic amines is 1. The maximum absolute atomic E-state index is 14.5. The number of methoxy groups -OCH3 is 1. The predicted octanol–water partition coefficient (Wildman–Crippen LogP) is 1.46. The van der Waals surface area contributed by atoms with E-state index in [1.807, 2.05) is 24.0 Å². The number of aryl methyl sites for hydroxylation is 1. The minimum absolute atomic E-state index is 0.0471. The van der Waals surface area contributed by atoms with E-state index in [0.717, 1.165) is 24.2 Å². The minimum Gasteiger partial charge on any atom is -0.477 e. The summed E-state index contributed by atoms with van der Waals surface area (Å²) in [5, 5.41) is 2.44. The van der Waals surface area contributed by atoms with Gasteiger partial charge in [0.15, 0.2) is 0 Å². The van der Waals surface area contributed by atoms with Crippen molar-refractivity contribution >= 4 is 22.6 Å². The quantitative estimate of drug-likeness (QED) is 0.579. The summed E-state index contributed by atoms with van der Waals surface area (Å²) in [4.78, 5) is 38.8. The molecule has 10 heteroatoms. The van der Waals surface area contributed by atoms with Crippen LogP contribution in [0, 0.1) is 12.9 Å². The number of carbonyl (C=O) groups excluding carboxylic acids is 1. The molecule has 0 unspecified atom stereocenters. The molecule has 3 aromatic rings. The number of nitrogens with one attached hydrogen (secondary N) is 2. The van der Waals surface area contributed by atoms with Gasteiger partial charge in [0.2, 0.25) is 5.95 Å². The number of ether oxygens (including phenoxy) is 1. The number of nitrogens with zero attached hydrogens (tertiary/aromatic N) is 4. The van der Waals surface area contributed by atoms with Gasteiger partial charge in [0, 0.05) is 39.8 Å². The normalized spacial score (nSPS) is 14.6. The van der Waals surface area contributed by atoms with Gasteiger partial charge in [-0.3, -0.25) is 14.5 Å². The molecule has 0 aliphatic carbocycles. The number of halogens is 1. The monoisotopic (exact) mass is 440 g/mol. The number of H-pyrrole nitrogens is 1. The molecule has 3 heterocycles. The van der Waals surface area contributed by atoms with E-state index in [2.05, 4.69) is 25.2 Å². The second kappa shape index (κ2) is 8.91. The van der Waals surface area contributed by atoms with E-state index in [1.54, 1.807) is 6.07 Å². The molecule has 0 radical (unpaired) electrons. The smallest absolute Gasteiger partial charge is 0.311 e. The minimum atomic E-state index is -0.642. The molecule has 1 aromatic carbocycles. The predicted molar refractivity (Wildman–Crippen MR) is 119 cm³/mol. The van der Waals surface area contributed by atoms with E-state index in [-0.39, 0.29) is 17.1 Å². The lowest BCUT2D eigenvalue weighted by atomic mass is 10.1. The van der Waals surface area contributed by atoms with E-state index in [0.29, 0.717) is 36.4 Å². The van der Waals surface area contributed by atoms with E-state index < -0.39 is 11.9 Å². The number of benzene rings is 1. The Morgan fingerprint density at radius 1 is 1.19 bits per heavy atom. The molecule has 0 saturated carbocycles. The number of rotatable bonds is 5. The Labute approximate surface area is 184 Å². The number of hydrogen-bond acceptors (Lipinski definition) is 7. The van der Waals surface area contributed by atoms with Gasteiger partial charge in [0.25, 0.3) is 11.8 Å². The third-order valence-electron chi connectivity index (χ3n) is 5.80. The second-order valence-electron chi connectivity index (χ2n) is 7.67. The topological polar surface area (TPSA) is 103 Å². The molecule has 1 amide bonds. The van der Waals surface area contributed by atoms with Crippen molar-refractivity contribution < 1.29 is 13.9 Å². The zero-order chi connectivity index (χ0) is 22.8. The highest BCUT2D eigenvalue weighted by Crippen LogP contribution is 2.23. The number of piperazine rings is 1. The fourth-order valence-electron chi connectivity index (χ4n) is 3.93. The Morgan fingerprint density at radius 3 is 2.59 bits per heavy atom. The summed E-state index contributed by atoms with van der Waals surface area (Å²) < 4.78 is 19.5. The Morgan fingerprint density at radius 2 is 1.94 bits per heavy atom. The number of amides is 1. The van der Waals surface area contributed by atoms with Crippen LogP contribution >= 0.6 is 0 Å². The van der Waals surface area contributed by atoms with Gasteiger partial charge in [-0.15, -0.1) is 0 Å². The summed E-state index contributed by atoms with van der Waals surface area (Å²) in [7, 11) is 2.90. The Bertz CT molecular complexity index is 1220. The Kier molecular flexibility index (Phi) is 6.04. The van der Waals surface area contributed by atoms with Crippen LogP contribution in [0.25, 0.3) is 11.0 Å². The lowest BCUT2D eigenvalue weighted by molar-refractivity contribution is 0.0957. The highest BCUT2D eigenvalue weighted by atomic mass is 19.1. The van der Waals surface area contributed by atoms with Crippen molar-refractivity contribution in [3.05, 3.63) is 57.4 Å². The fourth-order valence-corrected chi connectivity index (χ4v) is 3.93. The van der Waals surface area contributed by atoms with E-state index in [4.69, 9.17) is 4.74 Å². The van der Waals surface area contributed by atoms with Gasteiger partial charge in [0.1, 0.15) is 5.69 Å². The van der Waals surface area contributed by atoms with E-state index in [1.165, 1.54) is 20.2 Å². The summed E-state index contributed by atoms with van der Waals surface area (Å²) in [6.45, 7) is 5.43. The van der Waals surface area contributed by atoms with Gasteiger partial charge in [-0.1, -0.05) is 6.07 Å². The largest absolute Gasteiger partial charge is 0.477 e. The molecule has 1 aliphatic rings. The molecule has 4 rings (SSSR count). The van der Waals surface area contributed by atoms with Crippen molar-refractivity contribution in [2.24, 2.45) is 0 Å². The molecule has 0 atom stereocenters. The van der Waals surface area contributed by atoms with Crippen molar-refractivity contribution in [3.63, 3.8) is 0 Å². The van der Waals surface area contributed by atoms with Gasteiger partial charge in [-0.25, -0.2) is 9.97 Å². The molecule has 0 bridgehead atoms. The summed E-state index contributed by atoms with van der Waals surface area (Å²) in [5.74, 6) is -1.01. The SMILES string of the molecule is CNC(=O)c1ccc(N2CCN(Cc3ccc4nc(OC)c(=O)[nH]c4c3C)CC2)c(F)n1. The van der Waals surface area contributed by atoms with Crippen molar-refractivity contribution in [2.75, 3.05) is 45.2 Å². The van der Waals surface area contributed by atoms with Gasteiger partial charge in [-0.05, 0) is 36.2 Å². The van der Waals surface area contributed by atoms with Gasteiger partial charge >= 0.3 is 5.56 Å². The molecule has 0 spiro atoms. The van der Waals surface area contributed by atoms with E-state index in [9.17, 15) is 14.0 Å². The number of carbonyl (C=O) groups is 1. The summed E-state index contributed by atoms with van der Waals surface area (Å²) >= 11 is 0. The molecule has 2 N–H and O–H groups in total. The van der Waals surface area contributed by atoms with Crippen LogP contribution in [0.1, 0.15) is 21.6 Å². The molecular formula is C22H25FN6O3. The van der Waals surface area contributed by atoms with Crippen LogP contribution in [0.2, 0.25) is 0 Å². The average molecular weight is 440 g/mol. The third-order valence-corrected chi connectivity index (χ3v) is 5.80. The first-order valence-corrected chi connectivity index (χ1v) is 10.3. The third kappa shape index (κ3) is 4.13. The first kappa shape index (κ1) is 21.7. The molecular weight excluding hydrogens is 415 g/mol. The van der Waals surface area contributed by atoms with Crippen LogP contribution in [0.3, 0.4) is 0 Å². The molecule has 1 fully saturated rings. The van der Waals surface area contributed by atoms with Gasteiger partial charge < -0.3 is 19.9 Å².